The predicted molar refractivity (Wildman–Crippen MR) is 111 cm³/mol. The molecule has 162 valence electrons. The van der Waals surface area contributed by atoms with E-state index >= 15 is 0 Å². The molecule has 0 spiro atoms. The molecule has 0 amide bonds. The van der Waals surface area contributed by atoms with Crippen molar-refractivity contribution in [3.8, 4) is 5.75 Å². The third-order valence-corrected chi connectivity index (χ3v) is 5.02. The quantitative estimate of drug-likeness (QED) is 0.620. The van der Waals surface area contributed by atoms with Crippen molar-refractivity contribution in [1.82, 2.24) is 10.6 Å². The molecule has 1 aliphatic carbocycles. The zero-order valence-electron chi connectivity index (χ0n) is 17.1. The summed E-state index contributed by atoms with van der Waals surface area (Å²) in [5.41, 5.74) is 1.28. The number of benzene rings is 1. The minimum atomic E-state index is -4.39. The van der Waals surface area contributed by atoms with E-state index < -0.39 is 12.6 Å². The highest BCUT2D eigenvalue weighted by molar-refractivity contribution is 6.18. The highest BCUT2D eigenvalue weighted by Crippen LogP contribution is 2.28. The Kier molecular flexibility index (Phi) is 6.79. The molecule has 1 heterocycles. The molecular formula is C21H26F3N5O. The van der Waals surface area contributed by atoms with Gasteiger partial charge in [-0.3, -0.25) is 0 Å². The van der Waals surface area contributed by atoms with Gasteiger partial charge in [0.15, 0.2) is 0 Å². The third-order valence-electron chi connectivity index (χ3n) is 5.02. The Morgan fingerprint density at radius 3 is 2.63 bits per heavy atom. The van der Waals surface area contributed by atoms with Gasteiger partial charge in [0.25, 0.3) is 0 Å². The van der Waals surface area contributed by atoms with Gasteiger partial charge in [-0.2, -0.15) is 13.2 Å². The third kappa shape index (κ3) is 5.84. The second kappa shape index (κ2) is 9.32. The number of methoxy groups -OCH3 is 1. The first kappa shape index (κ1) is 21.9. The van der Waals surface area contributed by atoms with E-state index in [4.69, 9.17) is 10.1 Å². The molecule has 0 bridgehead atoms. The first-order valence-electron chi connectivity index (χ1n) is 9.95. The molecular weight excluding hydrogens is 395 g/mol. The second-order valence-electron chi connectivity index (χ2n) is 7.56. The van der Waals surface area contributed by atoms with Gasteiger partial charge in [0.05, 0.1) is 19.2 Å². The average Bonchev–Trinajstić information content (AvgIpc) is 2.68. The summed E-state index contributed by atoms with van der Waals surface area (Å²) in [6.45, 7) is 1.59. The summed E-state index contributed by atoms with van der Waals surface area (Å²) in [4.78, 5) is 0. The van der Waals surface area contributed by atoms with Gasteiger partial charge in [-0.1, -0.05) is 19.3 Å². The Balaban J connectivity index is 1.97. The maximum Gasteiger partial charge on any atom is 0.393 e. The van der Waals surface area contributed by atoms with Crippen LogP contribution < -0.4 is 15.4 Å². The van der Waals surface area contributed by atoms with Gasteiger partial charge in [-0.15, -0.1) is 10.2 Å². The molecule has 2 aliphatic rings. The molecule has 6 nitrogen and oxygen atoms in total. The molecule has 30 heavy (non-hydrogen) atoms. The molecule has 1 aromatic rings. The van der Waals surface area contributed by atoms with Gasteiger partial charge < -0.3 is 20.8 Å². The second-order valence-corrected chi connectivity index (χ2v) is 7.56. The number of hydrogen-bond donors (Lipinski definition) is 3. The van der Waals surface area contributed by atoms with Crippen LogP contribution in [0.5, 0.6) is 5.75 Å². The van der Waals surface area contributed by atoms with E-state index in [1.807, 2.05) is 0 Å². The molecule has 1 aliphatic heterocycles. The van der Waals surface area contributed by atoms with E-state index in [9.17, 15) is 13.2 Å². The molecule has 1 aromatic carbocycles. The van der Waals surface area contributed by atoms with Crippen molar-refractivity contribution < 1.29 is 17.9 Å². The number of ether oxygens (including phenoxy) is 1. The number of rotatable bonds is 5. The summed E-state index contributed by atoms with van der Waals surface area (Å²) in [7, 11) is 1.41. The van der Waals surface area contributed by atoms with E-state index in [2.05, 4.69) is 20.8 Å². The van der Waals surface area contributed by atoms with Crippen LogP contribution in [0, 0.1) is 5.41 Å². The summed E-state index contributed by atoms with van der Waals surface area (Å²) in [5.74, 6) is 0.781. The molecule has 1 saturated carbocycles. The molecule has 9 heteroatoms. The van der Waals surface area contributed by atoms with Crippen LogP contribution in [0.1, 0.15) is 50.2 Å². The van der Waals surface area contributed by atoms with Crippen LogP contribution in [0.25, 0.3) is 0 Å². The van der Waals surface area contributed by atoms with Crippen molar-refractivity contribution >= 4 is 17.4 Å². The van der Waals surface area contributed by atoms with Crippen LogP contribution in [0.2, 0.25) is 0 Å². The Bertz CT molecular complexity index is 883. The van der Waals surface area contributed by atoms with Gasteiger partial charge >= 0.3 is 6.18 Å². The van der Waals surface area contributed by atoms with Crippen molar-refractivity contribution in [2.24, 2.45) is 10.2 Å². The van der Waals surface area contributed by atoms with Crippen LogP contribution in [0.15, 0.2) is 40.2 Å². The zero-order chi connectivity index (χ0) is 21.7. The number of allylic oxidation sites excluding steroid dienone is 2. The first-order chi connectivity index (χ1) is 14.2. The van der Waals surface area contributed by atoms with Crippen molar-refractivity contribution in [3.05, 3.63) is 41.1 Å². The number of alkyl halides is 3. The Hall–Kier alpha value is -2.84. The molecule has 0 saturated heterocycles. The fourth-order valence-electron chi connectivity index (χ4n) is 3.68. The SMILES string of the molecule is COc1ccc(C2=NN=C(NC3CCCCC3)N/C2=C\C(C)=N)c(CC(F)(F)F)c1. The van der Waals surface area contributed by atoms with Gasteiger partial charge in [-0.05, 0) is 49.6 Å². The van der Waals surface area contributed by atoms with Crippen LogP contribution >= 0.6 is 0 Å². The lowest BCUT2D eigenvalue weighted by molar-refractivity contribution is -0.127. The largest absolute Gasteiger partial charge is 0.497 e. The number of nitrogens with one attached hydrogen (secondary N) is 3. The highest BCUT2D eigenvalue weighted by Gasteiger charge is 2.31. The molecule has 0 unspecified atom stereocenters. The van der Waals surface area contributed by atoms with Gasteiger partial charge in [-0.25, -0.2) is 0 Å². The standard InChI is InChI=1S/C21H26F3N5O/c1-13(25)10-18-19(28-29-20(27-18)26-15-6-4-3-5-7-15)17-9-8-16(30-2)11-14(17)12-21(22,23)24/h8-11,15,25H,3-7,12H2,1-2H3,(H2,26,27,29)/b18-10-,25-13?. The monoisotopic (exact) mass is 421 g/mol. The normalized spacial score (nSPS) is 19.0. The summed E-state index contributed by atoms with van der Waals surface area (Å²) in [6.07, 6.45) is 1.62. The minimum Gasteiger partial charge on any atom is -0.497 e. The van der Waals surface area contributed by atoms with Crippen molar-refractivity contribution in [2.45, 2.75) is 57.7 Å². The maximum atomic E-state index is 13.2. The topological polar surface area (TPSA) is 81.9 Å². The van der Waals surface area contributed by atoms with E-state index in [1.165, 1.54) is 25.7 Å². The van der Waals surface area contributed by atoms with Crippen molar-refractivity contribution in [1.29, 1.82) is 5.41 Å². The fourth-order valence-corrected chi connectivity index (χ4v) is 3.68. The Morgan fingerprint density at radius 2 is 2.00 bits per heavy atom. The average molecular weight is 421 g/mol. The predicted octanol–water partition coefficient (Wildman–Crippen LogP) is 4.31. The lowest BCUT2D eigenvalue weighted by atomic mass is 9.95. The fraction of sp³-hybridized carbons (Fsp3) is 0.476. The van der Waals surface area contributed by atoms with Crippen LogP contribution in [-0.4, -0.2) is 36.7 Å². The van der Waals surface area contributed by atoms with Crippen molar-refractivity contribution in [2.75, 3.05) is 7.11 Å². The van der Waals surface area contributed by atoms with E-state index in [1.54, 1.807) is 19.1 Å². The number of nitrogens with zero attached hydrogens (tertiary/aromatic N) is 2. The summed E-state index contributed by atoms with van der Waals surface area (Å²) in [6, 6.07) is 4.78. The number of halogens is 3. The van der Waals surface area contributed by atoms with Crippen LogP contribution in [0.4, 0.5) is 13.2 Å². The van der Waals surface area contributed by atoms with Crippen LogP contribution in [-0.2, 0) is 6.42 Å². The minimum absolute atomic E-state index is 0.0369. The zero-order valence-corrected chi connectivity index (χ0v) is 17.1. The summed E-state index contributed by atoms with van der Waals surface area (Å²) < 4.78 is 44.6. The molecule has 0 aromatic heterocycles. The molecule has 0 atom stereocenters. The van der Waals surface area contributed by atoms with Crippen molar-refractivity contribution in [3.63, 3.8) is 0 Å². The molecule has 3 rings (SSSR count). The highest BCUT2D eigenvalue weighted by atomic mass is 19.4. The maximum absolute atomic E-state index is 13.2. The molecule has 3 N–H and O–H groups in total. The van der Waals surface area contributed by atoms with Crippen LogP contribution in [0.3, 0.4) is 0 Å². The van der Waals surface area contributed by atoms with Gasteiger partial charge in [0, 0.05) is 17.3 Å². The number of hydrogen-bond acceptors (Lipinski definition) is 6. The molecule has 1 fully saturated rings. The van der Waals surface area contributed by atoms with E-state index in [0.29, 0.717) is 23.0 Å². The van der Waals surface area contributed by atoms with E-state index in [-0.39, 0.29) is 23.0 Å². The van der Waals surface area contributed by atoms with E-state index in [0.717, 1.165) is 25.7 Å². The van der Waals surface area contributed by atoms with Gasteiger partial charge in [0.2, 0.25) is 5.96 Å². The lowest BCUT2D eigenvalue weighted by Gasteiger charge is -2.27. The Labute approximate surface area is 173 Å². The summed E-state index contributed by atoms with van der Waals surface area (Å²) >= 11 is 0. The first-order valence-corrected chi connectivity index (χ1v) is 9.95. The summed E-state index contributed by atoms with van der Waals surface area (Å²) in [5, 5.41) is 22.7. The lowest BCUT2D eigenvalue weighted by Crippen LogP contribution is -2.46. The smallest absolute Gasteiger partial charge is 0.393 e. The molecule has 0 radical (unpaired) electrons. The number of guanidine groups is 1. The van der Waals surface area contributed by atoms with Gasteiger partial charge in [0.1, 0.15) is 11.5 Å². The Morgan fingerprint density at radius 1 is 1.27 bits per heavy atom.